The summed E-state index contributed by atoms with van der Waals surface area (Å²) in [4.78, 5) is 13.9. The fourth-order valence-corrected chi connectivity index (χ4v) is 2.33. The predicted molar refractivity (Wildman–Crippen MR) is 63.8 cm³/mol. The molecule has 1 fully saturated rings. The highest BCUT2D eigenvalue weighted by molar-refractivity contribution is 5.90. The number of nitrogens with one attached hydrogen (secondary N) is 1. The molecule has 17 heavy (non-hydrogen) atoms. The van der Waals surface area contributed by atoms with Gasteiger partial charge in [0.25, 0.3) is 0 Å². The van der Waals surface area contributed by atoms with Crippen LogP contribution in [0.1, 0.15) is 34.8 Å². The predicted octanol–water partition coefficient (Wildman–Crippen LogP) is 0.588. The molecule has 6 heteroatoms. The maximum Gasteiger partial charge on any atom is 0.356 e. The van der Waals surface area contributed by atoms with Crippen LogP contribution in [0.4, 0.5) is 5.82 Å². The molecule has 0 spiro atoms. The Labute approximate surface area is 100 Å². The van der Waals surface area contributed by atoms with Gasteiger partial charge in [-0.3, -0.25) is 5.10 Å². The molecule has 1 aliphatic rings. The molecule has 6 nitrogen and oxygen atoms in total. The van der Waals surface area contributed by atoms with E-state index in [1.165, 1.54) is 7.11 Å². The lowest BCUT2D eigenvalue weighted by molar-refractivity contribution is 0.0591. The van der Waals surface area contributed by atoms with Crippen molar-refractivity contribution in [1.82, 2.24) is 15.1 Å². The van der Waals surface area contributed by atoms with Crippen LogP contribution in [-0.2, 0) is 4.74 Å². The van der Waals surface area contributed by atoms with Gasteiger partial charge in [-0.05, 0) is 38.9 Å². The summed E-state index contributed by atoms with van der Waals surface area (Å²) in [6.07, 6.45) is 1.98. The first-order valence-electron chi connectivity index (χ1n) is 5.74. The van der Waals surface area contributed by atoms with E-state index in [0.717, 1.165) is 31.5 Å². The van der Waals surface area contributed by atoms with Gasteiger partial charge >= 0.3 is 5.97 Å². The Bertz CT molecular complexity index is 408. The number of hydrogen-bond acceptors (Lipinski definition) is 5. The standard InChI is InChI=1S/C11H18N4O2/c1-15-5-3-7(4-6-15)8-9(11(16)17-2)13-14-10(8)12/h7H,3-6H2,1-2H3,(H3,12,13,14). The lowest BCUT2D eigenvalue weighted by Crippen LogP contribution is -2.30. The Morgan fingerprint density at radius 1 is 1.53 bits per heavy atom. The van der Waals surface area contributed by atoms with E-state index in [-0.39, 0.29) is 0 Å². The summed E-state index contributed by atoms with van der Waals surface area (Å²) in [5.41, 5.74) is 7.06. The van der Waals surface area contributed by atoms with Gasteiger partial charge in [0, 0.05) is 5.56 Å². The average Bonchev–Trinajstić information content (AvgIpc) is 2.71. The molecule has 1 aromatic rings. The van der Waals surface area contributed by atoms with E-state index < -0.39 is 5.97 Å². The Kier molecular flexibility index (Phi) is 3.33. The summed E-state index contributed by atoms with van der Waals surface area (Å²) in [5.74, 6) is 0.308. The van der Waals surface area contributed by atoms with Gasteiger partial charge < -0.3 is 15.4 Å². The van der Waals surface area contributed by atoms with Gasteiger partial charge in [-0.15, -0.1) is 0 Å². The number of esters is 1. The van der Waals surface area contributed by atoms with Crippen molar-refractivity contribution in [3.05, 3.63) is 11.3 Å². The molecule has 0 bridgehead atoms. The molecule has 0 amide bonds. The van der Waals surface area contributed by atoms with Crippen LogP contribution in [0.3, 0.4) is 0 Å². The van der Waals surface area contributed by atoms with Crippen LogP contribution in [0.2, 0.25) is 0 Å². The molecule has 0 aliphatic carbocycles. The number of aromatic amines is 1. The summed E-state index contributed by atoms with van der Waals surface area (Å²) in [6, 6.07) is 0. The molecular formula is C11H18N4O2. The van der Waals surface area contributed by atoms with E-state index in [0.29, 0.717) is 17.4 Å². The van der Waals surface area contributed by atoms with Crippen LogP contribution in [0, 0.1) is 0 Å². The van der Waals surface area contributed by atoms with Crippen molar-refractivity contribution in [3.8, 4) is 0 Å². The smallest absolute Gasteiger partial charge is 0.356 e. The van der Waals surface area contributed by atoms with Crippen LogP contribution in [-0.4, -0.2) is 48.3 Å². The first-order chi connectivity index (χ1) is 8.13. The van der Waals surface area contributed by atoms with Gasteiger partial charge in [0.15, 0.2) is 0 Å². The number of ether oxygens (including phenoxy) is 1. The Balaban J connectivity index is 2.25. The van der Waals surface area contributed by atoms with Gasteiger partial charge in [0.1, 0.15) is 11.5 Å². The molecule has 0 atom stereocenters. The van der Waals surface area contributed by atoms with Gasteiger partial charge in [-0.2, -0.15) is 5.10 Å². The van der Waals surface area contributed by atoms with Crippen molar-refractivity contribution in [3.63, 3.8) is 0 Å². The number of nitrogens with two attached hydrogens (primary N) is 1. The quantitative estimate of drug-likeness (QED) is 0.737. The zero-order chi connectivity index (χ0) is 12.4. The zero-order valence-electron chi connectivity index (χ0n) is 10.2. The molecule has 1 aromatic heterocycles. The van der Waals surface area contributed by atoms with Crippen LogP contribution in [0.15, 0.2) is 0 Å². The Morgan fingerprint density at radius 3 is 2.76 bits per heavy atom. The molecule has 1 saturated heterocycles. The molecule has 2 rings (SSSR count). The minimum atomic E-state index is -0.400. The van der Waals surface area contributed by atoms with E-state index in [4.69, 9.17) is 10.5 Å². The number of methoxy groups -OCH3 is 1. The summed E-state index contributed by atoms with van der Waals surface area (Å²) < 4.78 is 4.73. The molecule has 1 aliphatic heterocycles. The minimum absolute atomic E-state index is 0.291. The van der Waals surface area contributed by atoms with Crippen LogP contribution < -0.4 is 5.73 Å². The van der Waals surface area contributed by atoms with E-state index in [1.807, 2.05) is 0 Å². The van der Waals surface area contributed by atoms with Gasteiger partial charge in [-0.25, -0.2) is 4.79 Å². The minimum Gasteiger partial charge on any atom is -0.464 e. The largest absolute Gasteiger partial charge is 0.464 e. The number of carbonyl (C=O) groups excluding carboxylic acids is 1. The highest BCUT2D eigenvalue weighted by atomic mass is 16.5. The number of likely N-dealkylation sites (tertiary alicyclic amines) is 1. The van der Waals surface area contributed by atoms with Crippen molar-refractivity contribution in [1.29, 1.82) is 0 Å². The van der Waals surface area contributed by atoms with Crippen molar-refractivity contribution < 1.29 is 9.53 Å². The van der Waals surface area contributed by atoms with Gasteiger partial charge in [0.05, 0.1) is 7.11 Å². The van der Waals surface area contributed by atoms with E-state index in [9.17, 15) is 4.79 Å². The molecular weight excluding hydrogens is 220 g/mol. The number of H-pyrrole nitrogens is 1. The van der Waals surface area contributed by atoms with Crippen molar-refractivity contribution in [2.45, 2.75) is 18.8 Å². The third-order valence-corrected chi connectivity index (χ3v) is 3.35. The third kappa shape index (κ3) is 2.26. The second kappa shape index (κ2) is 4.75. The number of rotatable bonds is 2. The Morgan fingerprint density at radius 2 is 2.18 bits per heavy atom. The fraction of sp³-hybridized carbons (Fsp3) is 0.636. The fourth-order valence-electron chi connectivity index (χ4n) is 2.33. The lowest BCUT2D eigenvalue weighted by atomic mass is 9.89. The van der Waals surface area contributed by atoms with Crippen molar-refractivity contribution in [2.24, 2.45) is 0 Å². The molecule has 2 heterocycles. The summed E-state index contributed by atoms with van der Waals surface area (Å²) >= 11 is 0. The second-order valence-electron chi connectivity index (χ2n) is 4.47. The average molecular weight is 238 g/mol. The first kappa shape index (κ1) is 11.9. The SMILES string of the molecule is COC(=O)c1[nH]nc(N)c1C1CCN(C)CC1. The summed E-state index contributed by atoms with van der Waals surface area (Å²) in [5, 5.41) is 6.59. The highest BCUT2D eigenvalue weighted by Crippen LogP contribution is 2.32. The molecule has 0 saturated carbocycles. The molecule has 94 valence electrons. The Hall–Kier alpha value is -1.56. The van der Waals surface area contributed by atoms with Crippen LogP contribution in [0.5, 0.6) is 0 Å². The topological polar surface area (TPSA) is 84.2 Å². The summed E-state index contributed by atoms with van der Waals surface area (Å²) in [6.45, 7) is 2.02. The number of piperidine rings is 1. The normalized spacial score (nSPS) is 18.2. The number of hydrogen-bond donors (Lipinski definition) is 2. The maximum absolute atomic E-state index is 11.6. The number of nitrogens with zero attached hydrogens (tertiary/aromatic N) is 2. The first-order valence-corrected chi connectivity index (χ1v) is 5.74. The molecule has 0 aromatic carbocycles. The number of aromatic nitrogens is 2. The zero-order valence-corrected chi connectivity index (χ0v) is 10.2. The summed E-state index contributed by atoms with van der Waals surface area (Å²) in [7, 11) is 3.45. The lowest BCUT2D eigenvalue weighted by Gasteiger charge is -2.28. The third-order valence-electron chi connectivity index (χ3n) is 3.35. The van der Waals surface area contributed by atoms with Crippen molar-refractivity contribution >= 4 is 11.8 Å². The number of anilines is 1. The van der Waals surface area contributed by atoms with E-state index >= 15 is 0 Å². The van der Waals surface area contributed by atoms with E-state index in [2.05, 4.69) is 22.1 Å². The van der Waals surface area contributed by atoms with Crippen molar-refractivity contribution in [2.75, 3.05) is 33.0 Å². The molecule has 0 unspecified atom stereocenters. The maximum atomic E-state index is 11.6. The highest BCUT2D eigenvalue weighted by Gasteiger charge is 2.27. The number of nitrogen functional groups attached to an aromatic ring is 1. The monoisotopic (exact) mass is 238 g/mol. The molecule has 0 radical (unpaired) electrons. The van der Waals surface area contributed by atoms with Crippen LogP contribution >= 0.6 is 0 Å². The second-order valence-corrected chi connectivity index (χ2v) is 4.47. The van der Waals surface area contributed by atoms with Crippen LogP contribution in [0.25, 0.3) is 0 Å². The van der Waals surface area contributed by atoms with E-state index in [1.54, 1.807) is 0 Å². The number of carbonyl (C=O) groups is 1. The van der Waals surface area contributed by atoms with Gasteiger partial charge in [0.2, 0.25) is 0 Å². The molecule has 3 N–H and O–H groups in total. The van der Waals surface area contributed by atoms with Gasteiger partial charge in [-0.1, -0.05) is 0 Å².